The van der Waals surface area contributed by atoms with Gasteiger partial charge in [0.15, 0.2) is 0 Å². The SMILES string of the molecule is COC(=O)c1cccc(C(=O)N2CCCC(CCC(=O)N3CCOCC3)C2)c1. The Hall–Kier alpha value is -2.41. The molecule has 1 aromatic carbocycles. The number of piperidine rings is 1. The molecule has 3 rings (SSSR count). The first kappa shape index (κ1) is 20.3. The Balaban J connectivity index is 1.54. The molecule has 2 saturated heterocycles. The van der Waals surface area contributed by atoms with Crippen LogP contribution in [-0.2, 0) is 14.3 Å². The van der Waals surface area contributed by atoms with Crippen LogP contribution in [0.3, 0.4) is 0 Å². The Kier molecular flexibility index (Phi) is 7.03. The summed E-state index contributed by atoms with van der Waals surface area (Å²) in [5.41, 5.74) is 0.867. The summed E-state index contributed by atoms with van der Waals surface area (Å²) < 4.78 is 10.0. The molecule has 2 aliphatic rings. The molecule has 0 aromatic heterocycles. The number of rotatable bonds is 5. The Morgan fingerprint density at radius 3 is 2.61 bits per heavy atom. The number of hydrogen-bond donors (Lipinski definition) is 0. The number of hydrogen-bond acceptors (Lipinski definition) is 5. The van der Waals surface area contributed by atoms with E-state index in [1.54, 1.807) is 24.3 Å². The number of nitrogens with zero attached hydrogens (tertiary/aromatic N) is 2. The first-order valence-corrected chi connectivity index (χ1v) is 9.91. The maximum Gasteiger partial charge on any atom is 0.337 e. The van der Waals surface area contributed by atoms with E-state index in [1.165, 1.54) is 7.11 Å². The van der Waals surface area contributed by atoms with Crippen LogP contribution in [0.5, 0.6) is 0 Å². The van der Waals surface area contributed by atoms with Gasteiger partial charge in [-0.25, -0.2) is 4.79 Å². The number of carbonyl (C=O) groups is 3. The first-order chi connectivity index (χ1) is 13.6. The van der Waals surface area contributed by atoms with E-state index < -0.39 is 5.97 Å². The Bertz CT molecular complexity index is 715. The minimum atomic E-state index is -0.451. The maximum absolute atomic E-state index is 12.9. The number of benzene rings is 1. The second-order valence-corrected chi connectivity index (χ2v) is 7.36. The molecule has 2 amide bonds. The molecule has 0 radical (unpaired) electrons. The van der Waals surface area contributed by atoms with Crippen LogP contribution in [-0.4, -0.2) is 74.1 Å². The molecule has 0 spiro atoms. The van der Waals surface area contributed by atoms with Crippen molar-refractivity contribution in [1.29, 1.82) is 0 Å². The number of likely N-dealkylation sites (tertiary alicyclic amines) is 1. The van der Waals surface area contributed by atoms with E-state index in [4.69, 9.17) is 9.47 Å². The van der Waals surface area contributed by atoms with Gasteiger partial charge in [-0.1, -0.05) is 6.07 Å². The fourth-order valence-corrected chi connectivity index (χ4v) is 3.86. The summed E-state index contributed by atoms with van der Waals surface area (Å²) in [5, 5.41) is 0. The molecular weight excluding hydrogens is 360 g/mol. The van der Waals surface area contributed by atoms with Crippen LogP contribution < -0.4 is 0 Å². The van der Waals surface area contributed by atoms with Crippen LogP contribution in [0.15, 0.2) is 24.3 Å². The zero-order valence-electron chi connectivity index (χ0n) is 16.4. The summed E-state index contributed by atoms with van der Waals surface area (Å²) in [6.07, 6.45) is 3.27. The number of carbonyl (C=O) groups excluding carboxylic acids is 3. The lowest BCUT2D eigenvalue weighted by Crippen LogP contribution is -2.42. The number of methoxy groups -OCH3 is 1. The third kappa shape index (κ3) is 5.10. The third-order valence-corrected chi connectivity index (χ3v) is 5.47. The summed E-state index contributed by atoms with van der Waals surface area (Å²) in [5.74, 6) is -0.0215. The largest absolute Gasteiger partial charge is 0.465 e. The molecule has 2 fully saturated rings. The summed E-state index contributed by atoms with van der Waals surface area (Å²) >= 11 is 0. The average Bonchev–Trinajstić information content (AvgIpc) is 2.77. The number of esters is 1. The highest BCUT2D eigenvalue weighted by Crippen LogP contribution is 2.23. The molecule has 7 heteroatoms. The van der Waals surface area contributed by atoms with Gasteiger partial charge in [-0.3, -0.25) is 9.59 Å². The van der Waals surface area contributed by atoms with Crippen molar-refractivity contribution in [1.82, 2.24) is 9.80 Å². The average molecular weight is 388 g/mol. The number of ether oxygens (including phenoxy) is 2. The highest BCUT2D eigenvalue weighted by molar-refractivity contribution is 5.98. The van der Waals surface area contributed by atoms with Gasteiger partial charge in [0, 0.05) is 38.2 Å². The number of amides is 2. The highest BCUT2D eigenvalue weighted by Gasteiger charge is 2.26. The molecule has 0 bridgehead atoms. The van der Waals surface area contributed by atoms with E-state index in [9.17, 15) is 14.4 Å². The monoisotopic (exact) mass is 388 g/mol. The van der Waals surface area contributed by atoms with Crippen LogP contribution in [0.1, 0.15) is 46.4 Å². The Morgan fingerprint density at radius 1 is 1.11 bits per heavy atom. The van der Waals surface area contributed by atoms with Crippen molar-refractivity contribution in [3.63, 3.8) is 0 Å². The zero-order chi connectivity index (χ0) is 19.9. The van der Waals surface area contributed by atoms with Crippen molar-refractivity contribution in [2.24, 2.45) is 5.92 Å². The van der Waals surface area contributed by atoms with E-state index >= 15 is 0 Å². The minimum Gasteiger partial charge on any atom is -0.465 e. The molecule has 7 nitrogen and oxygen atoms in total. The Labute approximate surface area is 165 Å². The van der Waals surface area contributed by atoms with Gasteiger partial charge >= 0.3 is 5.97 Å². The van der Waals surface area contributed by atoms with Crippen LogP contribution in [0, 0.1) is 5.92 Å². The van der Waals surface area contributed by atoms with Gasteiger partial charge in [-0.2, -0.15) is 0 Å². The molecule has 28 heavy (non-hydrogen) atoms. The molecule has 152 valence electrons. The fourth-order valence-electron chi connectivity index (χ4n) is 3.86. The first-order valence-electron chi connectivity index (χ1n) is 9.91. The van der Waals surface area contributed by atoms with Crippen molar-refractivity contribution in [3.05, 3.63) is 35.4 Å². The van der Waals surface area contributed by atoms with Gasteiger partial charge in [0.2, 0.25) is 5.91 Å². The van der Waals surface area contributed by atoms with Crippen LogP contribution in [0.25, 0.3) is 0 Å². The summed E-state index contributed by atoms with van der Waals surface area (Å²) in [6.45, 7) is 3.92. The molecule has 0 saturated carbocycles. The topological polar surface area (TPSA) is 76.2 Å². The van der Waals surface area contributed by atoms with Gasteiger partial charge in [0.25, 0.3) is 5.91 Å². The molecule has 2 heterocycles. The van der Waals surface area contributed by atoms with E-state index in [0.29, 0.717) is 62.9 Å². The Morgan fingerprint density at radius 2 is 1.86 bits per heavy atom. The minimum absolute atomic E-state index is 0.0741. The van der Waals surface area contributed by atoms with Crippen molar-refractivity contribution >= 4 is 17.8 Å². The molecule has 1 unspecified atom stereocenters. The third-order valence-electron chi connectivity index (χ3n) is 5.47. The summed E-state index contributed by atoms with van der Waals surface area (Å²) in [4.78, 5) is 40.6. The lowest BCUT2D eigenvalue weighted by atomic mass is 9.92. The predicted octanol–water partition coefficient (Wildman–Crippen LogP) is 1.96. The normalized spacial score (nSPS) is 20.0. The summed E-state index contributed by atoms with van der Waals surface area (Å²) in [7, 11) is 1.32. The van der Waals surface area contributed by atoms with Gasteiger partial charge in [0.1, 0.15) is 0 Å². The molecule has 0 N–H and O–H groups in total. The lowest BCUT2D eigenvalue weighted by molar-refractivity contribution is -0.135. The fraction of sp³-hybridized carbons (Fsp3) is 0.571. The van der Waals surface area contributed by atoms with Crippen LogP contribution in [0.4, 0.5) is 0 Å². The molecule has 2 aliphatic heterocycles. The number of morpholine rings is 1. The van der Waals surface area contributed by atoms with E-state index in [1.807, 2.05) is 9.80 Å². The molecule has 0 aliphatic carbocycles. The standard InChI is InChI=1S/C21H28N2O5/c1-27-21(26)18-6-2-5-17(14-18)20(25)23-9-3-4-16(15-23)7-8-19(24)22-10-12-28-13-11-22/h2,5-6,14,16H,3-4,7-13,15H2,1H3. The van der Waals surface area contributed by atoms with E-state index in [-0.39, 0.29) is 11.8 Å². The van der Waals surface area contributed by atoms with E-state index in [2.05, 4.69) is 0 Å². The van der Waals surface area contributed by atoms with Crippen molar-refractivity contribution in [2.45, 2.75) is 25.7 Å². The van der Waals surface area contributed by atoms with Crippen LogP contribution in [0.2, 0.25) is 0 Å². The van der Waals surface area contributed by atoms with Crippen molar-refractivity contribution in [3.8, 4) is 0 Å². The van der Waals surface area contributed by atoms with E-state index in [0.717, 1.165) is 19.3 Å². The predicted molar refractivity (Wildman–Crippen MR) is 103 cm³/mol. The van der Waals surface area contributed by atoms with Crippen molar-refractivity contribution in [2.75, 3.05) is 46.5 Å². The van der Waals surface area contributed by atoms with Gasteiger partial charge in [0.05, 0.1) is 25.9 Å². The highest BCUT2D eigenvalue weighted by atomic mass is 16.5. The smallest absolute Gasteiger partial charge is 0.337 e. The second-order valence-electron chi connectivity index (χ2n) is 7.36. The van der Waals surface area contributed by atoms with Crippen molar-refractivity contribution < 1.29 is 23.9 Å². The summed E-state index contributed by atoms with van der Waals surface area (Å²) in [6, 6.07) is 6.64. The van der Waals surface area contributed by atoms with Gasteiger partial charge in [-0.05, 0) is 43.4 Å². The second kappa shape index (κ2) is 9.68. The van der Waals surface area contributed by atoms with Crippen LogP contribution >= 0.6 is 0 Å². The lowest BCUT2D eigenvalue weighted by Gasteiger charge is -2.33. The molecule has 1 aromatic rings. The quantitative estimate of drug-likeness (QED) is 0.721. The molecule has 1 atom stereocenters. The van der Waals surface area contributed by atoms with Gasteiger partial charge in [-0.15, -0.1) is 0 Å². The van der Waals surface area contributed by atoms with Gasteiger partial charge < -0.3 is 19.3 Å². The zero-order valence-corrected chi connectivity index (χ0v) is 16.4. The molecular formula is C21H28N2O5. The maximum atomic E-state index is 12.9.